The molecule has 0 saturated heterocycles. The van der Waals surface area contributed by atoms with Crippen LogP contribution in [0.4, 0.5) is 0 Å². The van der Waals surface area contributed by atoms with Crippen LogP contribution in [0.2, 0.25) is 0 Å². The van der Waals surface area contributed by atoms with Gasteiger partial charge in [0.15, 0.2) is 0 Å². The average Bonchev–Trinajstić information content (AvgIpc) is 2.82. The van der Waals surface area contributed by atoms with Crippen LogP contribution in [0.25, 0.3) is 0 Å². The molecule has 9 heteroatoms. The zero-order chi connectivity index (χ0) is 25.3. The van der Waals surface area contributed by atoms with E-state index >= 15 is 0 Å². The number of aliphatic hydroxyl groups is 1. The van der Waals surface area contributed by atoms with Gasteiger partial charge in [-0.1, -0.05) is 83.3 Å². The monoisotopic (exact) mass is 507 g/mol. The smallest absolute Gasteiger partial charge is 0.457 e. The first-order valence-corrected chi connectivity index (χ1v) is 14.7. The molecule has 0 bridgehead atoms. The minimum absolute atomic E-state index is 0.0724. The van der Waals surface area contributed by atoms with Crippen LogP contribution >= 0.6 is 7.82 Å². The van der Waals surface area contributed by atoms with E-state index < -0.39 is 33.1 Å². The lowest BCUT2D eigenvalue weighted by Crippen LogP contribution is -2.27. The predicted octanol–water partition coefficient (Wildman–Crippen LogP) is 5.80. The number of rotatable bonds is 25. The number of allylic oxidation sites excluding steroid dienone is 2. The molecule has 0 aliphatic rings. The van der Waals surface area contributed by atoms with E-state index in [-0.39, 0.29) is 19.6 Å². The summed E-state index contributed by atoms with van der Waals surface area (Å²) < 4.78 is 26.0. The summed E-state index contributed by atoms with van der Waals surface area (Å²) in [4.78, 5) is 21.3. The molecule has 0 aromatic carbocycles. The molecule has 0 aliphatic heterocycles. The zero-order valence-corrected chi connectivity index (χ0v) is 22.2. The number of carbonyl (C=O) groups excluding carboxylic acids is 1. The number of carbonyl (C=O) groups is 1. The molecule has 0 rings (SSSR count). The largest absolute Gasteiger partial charge is 0.472 e. The molecule has 202 valence electrons. The highest BCUT2D eigenvalue weighted by atomic mass is 31.2. The van der Waals surface area contributed by atoms with Crippen molar-refractivity contribution in [2.24, 2.45) is 5.73 Å². The summed E-state index contributed by atoms with van der Waals surface area (Å²) in [5.74, 6) is -0.453. The number of nitrogens with two attached hydrogens (primary N) is 1. The summed E-state index contributed by atoms with van der Waals surface area (Å²) in [5, 5.41) is 9.27. The Hall–Kier alpha value is -0.760. The van der Waals surface area contributed by atoms with Crippen molar-refractivity contribution >= 4 is 13.8 Å². The van der Waals surface area contributed by atoms with Gasteiger partial charge in [-0.3, -0.25) is 13.8 Å². The number of ether oxygens (including phenoxy) is 1. The summed E-state index contributed by atoms with van der Waals surface area (Å²) in [5.41, 5.74) is 5.20. The minimum Gasteiger partial charge on any atom is -0.457 e. The summed E-state index contributed by atoms with van der Waals surface area (Å²) >= 11 is 0. The molecule has 0 fully saturated rings. The lowest BCUT2D eigenvalue weighted by Gasteiger charge is -2.17. The van der Waals surface area contributed by atoms with Crippen molar-refractivity contribution in [1.82, 2.24) is 0 Å². The molecule has 34 heavy (non-hydrogen) atoms. The van der Waals surface area contributed by atoms with Crippen molar-refractivity contribution in [2.45, 2.75) is 116 Å². The lowest BCUT2D eigenvalue weighted by atomic mass is 10.1. The van der Waals surface area contributed by atoms with Gasteiger partial charge in [0.25, 0.3) is 0 Å². The highest BCUT2D eigenvalue weighted by molar-refractivity contribution is 7.47. The first-order chi connectivity index (χ1) is 16.4. The van der Waals surface area contributed by atoms with Gasteiger partial charge >= 0.3 is 13.8 Å². The van der Waals surface area contributed by atoms with E-state index in [0.717, 1.165) is 25.7 Å². The zero-order valence-electron chi connectivity index (χ0n) is 21.3. The van der Waals surface area contributed by atoms with E-state index in [0.29, 0.717) is 0 Å². The first-order valence-electron chi connectivity index (χ1n) is 13.2. The molecule has 0 spiro atoms. The van der Waals surface area contributed by atoms with Gasteiger partial charge in [-0.15, -0.1) is 0 Å². The van der Waals surface area contributed by atoms with E-state index in [1.165, 1.54) is 70.6 Å². The van der Waals surface area contributed by atoms with Gasteiger partial charge in [-0.2, -0.15) is 0 Å². The quantitative estimate of drug-likeness (QED) is 0.0612. The second-order valence-electron chi connectivity index (χ2n) is 8.72. The number of phosphoric acid groups is 1. The van der Waals surface area contributed by atoms with E-state index in [9.17, 15) is 19.4 Å². The van der Waals surface area contributed by atoms with Gasteiger partial charge in [0.1, 0.15) is 6.10 Å². The van der Waals surface area contributed by atoms with Crippen LogP contribution in [-0.4, -0.2) is 48.4 Å². The first kappa shape index (κ1) is 33.2. The number of aliphatic hydroxyl groups excluding tert-OH is 1. The van der Waals surface area contributed by atoms with Crippen LogP contribution in [0.15, 0.2) is 12.2 Å². The summed E-state index contributed by atoms with van der Waals surface area (Å²) in [6, 6.07) is 0. The lowest BCUT2D eigenvalue weighted by molar-refractivity contribution is -0.153. The van der Waals surface area contributed by atoms with Crippen molar-refractivity contribution < 1.29 is 33.1 Å². The van der Waals surface area contributed by atoms with Crippen molar-refractivity contribution in [2.75, 3.05) is 26.4 Å². The summed E-state index contributed by atoms with van der Waals surface area (Å²) in [6.07, 6.45) is 22.0. The number of esters is 1. The average molecular weight is 508 g/mol. The normalized spacial score (nSPS) is 14.4. The molecule has 8 nitrogen and oxygen atoms in total. The van der Waals surface area contributed by atoms with Gasteiger partial charge in [0.2, 0.25) is 0 Å². The van der Waals surface area contributed by atoms with Crippen LogP contribution in [0.1, 0.15) is 110 Å². The Morgan fingerprint density at radius 3 is 1.94 bits per heavy atom. The van der Waals surface area contributed by atoms with E-state index in [1.807, 2.05) is 0 Å². The fraction of sp³-hybridized carbons (Fsp3) is 0.880. The maximum absolute atomic E-state index is 11.9. The van der Waals surface area contributed by atoms with Gasteiger partial charge in [-0.05, 0) is 32.1 Å². The number of phosphoric ester groups is 1. The van der Waals surface area contributed by atoms with Crippen LogP contribution in [0.5, 0.6) is 0 Å². The van der Waals surface area contributed by atoms with Crippen LogP contribution < -0.4 is 5.73 Å². The van der Waals surface area contributed by atoms with Crippen molar-refractivity contribution in [3.63, 3.8) is 0 Å². The van der Waals surface area contributed by atoms with Crippen molar-refractivity contribution in [3.05, 3.63) is 12.2 Å². The fourth-order valence-electron chi connectivity index (χ4n) is 3.45. The van der Waals surface area contributed by atoms with Gasteiger partial charge in [-0.25, -0.2) is 4.57 Å². The maximum Gasteiger partial charge on any atom is 0.472 e. The maximum atomic E-state index is 11.9. The third-order valence-electron chi connectivity index (χ3n) is 5.44. The van der Waals surface area contributed by atoms with Gasteiger partial charge < -0.3 is 20.5 Å². The molecule has 0 saturated carbocycles. The predicted molar refractivity (Wildman–Crippen MR) is 136 cm³/mol. The van der Waals surface area contributed by atoms with Gasteiger partial charge in [0.05, 0.1) is 19.8 Å². The minimum atomic E-state index is -4.26. The van der Waals surface area contributed by atoms with Crippen molar-refractivity contribution in [3.8, 4) is 0 Å². The van der Waals surface area contributed by atoms with Crippen LogP contribution in [0.3, 0.4) is 0 Å². The molecule has 2 atom stereocenters. The molecule has 0 aromatic rings. The number of unbranched alkanes of at least 4 members (excludes halogenated alkanes) is 13. The summed E-state index contributed by atoms with van der Waals surface area (Å²) in [6.45, 7) is 1.27. The second kappa shape index (κ2) is 24.0. The Labute approximate surface area is 207 Å². The standard InChI is InChI=1S/C25H50NO7P/c1-2-3-4-5-6-7-8-9-10-11-12-13-14-15-16-17-18-19-25(28)33-24(22-27)23-32-34(29,30)31-21-20-26/h9-10,24,27H,2-8,11-23,26H2,1H3,(H,29,30). The molecule has 0 heterocycles. The molecular weight excluding hydrogens is 457 g/mol. The van der Waals surface area contributed by atoms with Crippen LogP contribution in [-0.2, 0) is 23.1 Å². The Morgan fingerprint density at radius 2 is 1.41 bits per heavy atom. The van der Waals surface area contributed by atoms with E-state index in [1.54, 1.807) is 0 Å². The Bertz CT molecular complexity index is 545. The third-order valence-corrected chi connectivity index (χ3v) is 6.42. The second-order valence-corrected chi connectivity index (χ2v) is 10.2. The Morgan fingerprint density at radius 1 is 0.882 bits per heavy atom. The molecule has 2 unspecified atom stereocenters. The molecule has 0 aromatic heterocycles. The molecule has 0 aliphatic carbocycles. The molecule has 4 N–H and O–H groups in total. The van der Waals surface area contributed by atoms with E-state index in [2.05, 4.69) is 23.6 Å². The topological polar surface area (TPSA) is 128 Å². The van der Waals surface area contributed by atoms with Crippen molar-refractivity contribution in [1.29, 1.82) is 0 Å². The summed E-state index contributed by atoms with van der Waals surface area (Å²) in [7, 11) is -4.26. The Kier molecular flexibility index (Phi) is 23.4. The fourth-order valence-corrected chi connectivity index (χ4v) is 4.21. The highest BCUT2D eigenvalue weighted by Gasteiger charge is 2.24. The van der Waals surface area contributed by atoms with Gasteiger partial charge in [0, 0.05) is 13.0 Å². The van der Waals surface area contributed by atoms with E-state index in [4.69, 9.17) is 15.0 Å². The SMILES string of the molecule is CCCCCCCCC=CCCCCCCCCCC(=O)OC(CO)COP(=O)(O)OCCN. The molecular formula is C25H50NO7P. The third kappa shape index (κ3) is 23.0. The number of hydrogen-bond donors (Lipinski definition) is 3. The molecule has 0 amide bonds. The highest BCUT2D eigenvalue weighted by Crippen LogP contribution is 2.42. The van der Waals surface area contributed by atoms with Crippen LogP contribution in [0, 0.1) is 0 Å². The molecule has 0 radical (unpaired) electrons. The Balaban J connectivity index is 3.57. The number of hydrogen-bond acceptors (Lipinski definition) is 7.